The fourth-order valence-corrected chi connectivity index (χ4v) is 5.42. The molecule has 0 radical (unpaired) electrons. The number of aliphatic hydroxyl groups excluding tert-OH is 12. The second-order valence-electron chi connectivity index (χ2n) is 11.2. The molecule has 4 rings (SSSR count). The van der Waals surface area contributed by atoms with Crippen molar-refractivity contribution in [1.29, 1.82) is 0 Å². The van der Waals surface area contributed by atoms with Gasteiger partial charge in [0.1, 0.15) is 85.5 Å². The van der Waals surface area contributed by atoms with Crippen LogP contribution >= 0.6 is 0 Å². The molecule has 0 amide bonds. The van der Waals surface area contributed by atoms with Crippen LogP contribution in [0.25, 0.3) is 0 Å². The Morgan fingerprint density at radius 1 is 0.533 bits per heavy atom. The van der Waals surface area contributed by atoms with E-state index < -0.39 is 142 Å². The lowest BCUT2D eigenvalue weighted by atomic mass is 9.95. The molecule has 21 heteroatoms. The molecule has 0 aromatic heterocycles. The van der Waals surface area contributed by atoms with E-state index in [1.165, 1.54) is 6.92 Å². The molecule has 0 aromatic carbocycles. The number of carboxylic acid groups (broad SMARTS) is 1. The fourth-order valence-electron chi connectivity index (χ4n) is 5.42. The number of rotatable bonds is 9. The molecular weight excluding hydrogens is 624 g/mol. The molecule has 0 spiro atoms. The summed E-state index contributed by atoms with van der Waals surface area (Å²) in [5.41, 5.74) is 0. The minimum atomic E-state index is -2.23. The van der Waals surface area contributed by atoms with Crippen LogP contribution in [0.5, 0.6) is 0 Å². The van der Waals surface area contributed by atoms with E-state index in [1.807, 2.05) is 0 Å². The van der Waals surface area contributed by atoms with Gasteiger partial charge in [0.15, 0.2) is 31.3 Å². The van der Waals surface area contributed by atoms with E-state index in [0.717, 1.165) is 0 Å². The predicted octanol–water partition coefficient (Wildman–Crippen LogP) is -8.63. The summed E-state index contributed by atoms with van der Waals surface area (Å²) in [7, 11) is 0. The highest BCUT2D eigenvalue weighted by atomic mass is 16.8. The van der Waals surface area contributed by atoms with Crippen molar-refractivity contribution < 1.29 is 104 Å². The van der Waals surface area contributed by atoms with Gasteiger partial charge in [-0.3, -0.25) is 0 Å². The molecule has 4 fully saturated rings. The standard InChI is InChI=1S/C24H40O21/c1-4-7(27)10(30)14(34)22(39-4)45-19-16(43-23-15(35)11(31)8(28)5(2-25)40-23)9(29)6(3-26)41-24(19)44-18-13(33)12(32)17(20(36)37)42-21(18)38/h4-19,21-35,38H,2-3H2,1H3,(H,36,37)/t4-,5+,6+,7-,8+,9-,10+,11-,12-,13-,14+,15+,16-,17-,18+,19+,21?,22-,23-,24-/m0/s1. The molecular formula is C24H40O21. The Hall–Kier alpha value is -1.29. The van der Waals surface area contributed by atoms with Gasteiger partial charge in [0.2, 0.25) is 0 Å². The number of carbonyl (C=O) groups is 1. The maximum Gasteiger partial charge on any atom is 0.335 e. The lowest BCUT2D eigenvalue weighted by molar-refractivity contribution is -0.406. The van der Waals surface area contributed by atoms with Crippen molar-refractivity contribution in [1.82, 2.24) is 0 Å². The minimum Gasteiger partial charge on any atom is -0.479 e. The first-order valence-electron chi connectivity index (χ1n) is 14.0. The average Bonchev–Trinajstić information content (AvgIpc) is 3.00. The van der Waals surface area contributed by atoms with Gasteiger partial charge in [-0.05, 0) is 6.92 Å². The Morgan fingerprint density at radius 2 is 1.02 bits per heavy atom. The van der Waals surface area contributed by atoms with Gasteiger partial charge in [0.25, 0.3) is 0 Å². The van der Waals surface area contributed by atoms with Crippen LogP contribution in [0, 0.1) is 0 Å². The van der Waals surface area contributed by atoms with Gasteiger partial charge in [-0.25, -0.2) is 4.79 Å². The van der Waals surface area contributed by atoms with Crippen molar-refractivity contribution in [3.05, 3.63) is 0 Å². The van der Waals surface area contributed by atoms with Gasteiger partial charge in [-0.15, -0.1) is 0 Å². The smallest absolute Gasteiger partial charge is 0.335 e. The van der Waals surface area contributed by atoms with Crippen molar-refractivity contribution in [3.63, 3.8) is 0 Å². The molecule has 0 aliphatic carbocycles. The van der Waals surface area contributed by atoms with E-state index in [9.17, 15) is 71.2 Å². The normalized spacial score (nSPS) is 52.8. The summed E-state index contributed by atoms with van der Waals surface area (Å²) in [6, 6.07) is 0. The van der Waals surface area contributed by atoms with Crippen LogP contribution in [-0.2, 0) is 38.0 Å². The second-order valence-corrected chi connectivity index (χ2v) is 11.2. The molecule has 0 bridgehead atoms. The molecule has 45 heavy (non-hydrogen) atoms. The van der Waals surface area contributed by atoms with Crippen LogP contribution in [0.1, 0.15) is 6.92 Å². The third-order valence-electron chi connectivity index (χ3n) is 8.14. The van der Waals surface area contributed by atoms with Crippen LogP contribution in [0.2, 0.25) is 0 Å². The Labute approximate surface area is 253 Å². The average molecular weight is 665 g/mol. The first kappa shape index (κ1) is 36.5. The third kappa shape index (κ3) is 7.26. The number of hydrogen-bond acceptors (Lipinski definition) is 20. The van der Waals surface area contributed by atoms with Crippen LogP contribution in [0.3, 0.4) is 0 Å². The van der Waals surface area contributed by atoms with Crippen LogP contribution in [0.4, 0.5) is 0 Å². The summed E-state index contributed by atoms with van der Waals surface area (Å²) in [5, 5.41) is 133. The number of ether oxygens (including phenoxy) is 7. The summed E-state index contributed by atoms with van der Waals surface area (Å²) >= 11 is 0. The van der Waals surface area contributed by atoms with Gasteiger partial charge in [0, 0.05) is 0 Å². The zero-order valence-corrected chi connectivity index (χ0v) is 23.5. The zero-order chi connectivity index (χ0) is 33.5. The molecule has 1 unspecified atom stereocenters. The van der Waals surface area contributed by atoms with Crippen LogP contribution in [-0.4, -0.2) is 208 Å². The topological polar surface area (TPSA) is 345 Å². The van der Waals surface area contributed by atoms with Gasteiger partial charge in [0.05, 0.1) is 19.3 Å². The maximum absolute atomic E-state index is 11.4. The largest absolute Gasteiger partial charge is 0.479 e. The van der Waals surface area contributed by atoms with E-state index in [1.54, 1.807) is 0 Å². The molecule has 0 saturated carbocycles. The SMILES string of the molecule is C[C@@H]1O[C@@H](O[C@H]2[C@H](O[C@H]3C(O)O[C@H](C(=O)O)[C@@H](O)[C@@H]3O)O[C@H](CO)[C@H](O)[C@@H]2O[C@@H]2O[C@H](CO)[C@@H](O)[C@H](O)[C@H]2O)[C@H](O)[C@H](O)[C@H]1O. The lowest BCUT2D eigenvalue weighted by Crippen LogP contribution is -2.68. The maximum atomic E-state index is 11.4. The molecule has 4 heterocycles. The number of aliphatic hydroxyl groups is 12. The summed E-state index contributed by atoms with van der Waals surface area (Å²) in [6.07, 6.45) is -37.6. The van der Waals surface area contributed by atoms with E-state index in [0.29, 0.717) is 0 Å². The number of aliphatic carboxylic acids is 1. The minimum absolute atomic E-state index is 0.858. The molecule has 21 nitrogen and oxygen atoms in total. The molecule has 13 N–H and O–H groups in total. The van der Waals surface area contributed by atoms with Crippen LogP contribution in [0.15, 0.2) is 0 Å². The van der Waals surface area contributed by atoms with Crippen molar-refractivity contribution >= 4 is 5.97 Å². The van der Waals surface area contributed by atoms with Crippen molar-refractivity contribution in [2.24, 2.45) is 0 Å². The molecule has 262 valence electrons. The van der Waals surface area contributed by atoms with Crippen molar-refractivity contribution in [2.75, 3.05) is 13.2 Å². The Morgan fingerprint density at radius 3 is 1.60 bits per heavy atom. The van der Waals surface area contributed by atoms with E-state index >= 15 is 0 Å². The zero-order valence-electron chi connectivity index (χ0n) is 23.5. The second kappa shape index (κ2) is 14.9. The summed E-state index contributed by atoms with van der Waals surface area (Å²) in [6.45, 7) is -0.501. The molecule has 4 saturated heterocycles. The van der Waals surface area contributed by atoms with Gasteiger partial charge < -0.3 is 99.5 Å². The van der Waals surface area contributed by atoms with E-state index in [2.05, 4.69) is 0 Å². The number of hydrogen-bond donors (Lipinski definition) is 13. The van der Waals surface area contributed by atoms with Gasteiger partial charge in [-0.2, -0.15) is 0 Å². The first-order valence-corrected chi connectivity index (χ1v) is 14.0. The van der Waals surface area contributed by atoms with Gasteiger partial charge >= 0.3 is 5.97 Å². The highest BCUT2D eigenvalue weighted by Gasteiger charge is 2.56. The van der Waals surface area contributed by atoms with Crippen molar-refractivity contribution in [2.45, 2.75) is 130 Å². The van der Waals surface area contributed by atoms with Crippen molar-refractivity contribution in [3.8, 4) is 0 Å². The first-order chi connectivity index (χ1) is 21.1. The van der Waals surface area contributed by atoms with Gasteiger partial charge in [-0.1, -0.05) is 0 Å². The quantitative estimate of drug-likeness (QED) is 0.109. The Bertz CT molecular complexity index is 973. The van der Waals surface area contributed by atoms with E-state index in [4.69, 9.17) is 33.2 Å². The monoisotopic (exact) mass is 664 g/mol. The third-order valence-corrected chi connectivity index (χ3v) is 8.14. The number of carboxylic acids is 1. The fraction of sp³-hybridized carbons (Fsp3) is 0.958. The predicted molar refractivity (Wildman–Crippen MR) is 133 cm³/mol. The molecule has 20 atom stereocenters. The highest BCUT2D eigenvalue weighted by molar-refractivity contribution is 5.73. The summed E-state index contributed by atoms with van der Waals surface area (Å²) in [5.74, 6) is -1.73. The molecule has 4 aliphatic rings. The van der Waals surface area contributed by atoms with Crippen LogP contribution < -0.4 is 0 Å². The summed E-state index contributed by atoms with van der Waals surface area (Å²) in [4.78, 5) is 11.4. The lowest BCUT2D eigenvalue weighted by Gasteiger charge is -2.50. The Kier molecular flexibility index (Phi) is 12.1. The summed E-state index contributed by atoms with van der Waals surface area (Å²) < 4.78 is 38.3. The highest BCUT2D eigenvalue weighted by Crippen LogP contribution is 2.35. The Balaban J connectivity index is 1.68. The molecule has 4 aliphatic heterocycles. The molecule has 0 aromatic rings. The van der Waals surface area contributed by atoms with E-state index in [-0.39, 0.29) is 0 Å².